The topological polar surface area (TPSA) is 0 Å². The Kier molecular flexibility index (Phi) is 16.1. The predicted octanol–water partition coefficient (Wildman–Crippen LogP) is 11.2. The standard InChI is InChI=1S/C33H55F/c1-13-24(4)15-17-25(5)26(6)18-19-27(7)28(8)20-21-30(10)32(12)33(34)22-31(11)29(9)16-14-23(2)3/h18-19,22-25,28-30H,6-7,11-17,20-21H2,1-5,8-10H3/b19-18-,33-22+. The normalized spacial score (nSPS) is 16.8. The molecule has 0 nitrogen and oxygen atoms in total. The summed E-state index contributed by atoms with van der Waals surface area (Å²) in [6.07, 6.45) is 13.5. The molecule has 0 rings (SSSR count). The van der Waals surface area contributed by atoms with Crippen LogP contribution in [0.4, 0.5) is 4.39 Å². The van der Waals surface area contributed by atoms with E-state index in [-0.39, 0.29) is 11.7 Å². The van der Waals surface area contributed by atoms with Gasteiger partial charge in [-0.25, -0.2) is 4.39 Å². The van der Waals surface area contributed by atoms with Gasteiger partial charge in [0.15, 0.2) is 0 Å². The first-order valence-electron chi connectivity index (χ1n) is 13.6. The van der Waals surface area contributed by atoms with Crippen LogP contribution in [0.2, 0.25) is 0 Å². The average Bonchev–Trinajstić information content (AvgIpc) is 2.80. The summed E-state index contributed by atoms with van der Waals surface area (Å²) in [6.45, 7) is 34.3. The Labute approximate surface area is 212 Å². The molecule has 0 aliphatic heterocycles. The summed E-state index contributed by atoms with van der Waals surface area (Å²) < 4.78 is 14.8. The molecule has 0 amide bonds. The second-order valence-corrected chi connectivity index (χ2v) is 11.3. The van der Waals surface area contributed by atoms with Gasteiger partial charge in [-0.1, -0.05) is 124 Å². The number of halogens is 1. The first-order chi connectivity index (χ1) is 15.8. The first kappa shape index (κ1) is 32.4. The van der Waals surface area contributed by atoms with Gasteiger partial charge in [-0.05, 0) is 78.4 Å². The minimum Gasteiger partial charge on any atom is -0.207 e. The maximum absolute atomic E-state index is 14.8. The molecule has 0 aliphatic carbocycles. The van der Waals surface area contributed by atoms with E-state index in [0.717, 1.165) is 42.7 Å². The Hall–Kier alpha value is -1.63. The quantitative estimate of drug-likeness (QED) is 0.175. The van der Waals surface area contributed by atoms with Gasteiger partial charge in [0.05, 0.1) is 0 Å². The zero-order valence-corrected chi connectivity index (χ0v) is 23.9. The summed E-state index contributed by atoms with van der Waals surface area (Å²) in [6, 6.07) is 0. The van der Waals surface area contributed by atoms with Crippen molar-refractivity contribution in [3.05, 3.63) is 72.7 Å². The lowest BCUT2D eigenvalue weighted by Crippen LogP contribution is -2.05. The van der Waals surface area contributed by atoms with Crippen LogP contribution in [0.25, 0.3) is 0 Å². The third-order valence-corrected chi connectivity index (χ3v) is 7.62. The minimum atomic E-state index is -0.219. The average molecular weight is 471 g/mol. The minimum absolute atomic E-state index is 0.0878. The molecule has 34 heavy (non-hydrogen) atoms. The number of rotatable bonds is 18. The van der Waals surface area contributed by atoms with Crippen molar-refractivity contribution in [2.45, 2.75) is 100 Å². The van der Waals surface area contributed by atoms with Gasteiger partial charge >= 0.3 is 0 Å². The van der Waals surface area contributed by atoms with E-state index in [9.17, 15) is 4.39 Å². The molecule has 0 fully saturated rings. The third-order valence-electron chi connectivity index (χ3n) is 7.62. The van der Waals surface area contributed by atoms with Gasteiger partial charge in [-0.3, -0.25) is 0 Å². The van der Waals surface area contributed by atoms with Crippen LogP contribution in [0.15, 0.2) is 72.7 Å². The summed E-state index contributed by atoms with van der Waals surface area (Å²) in [5.41, 5.74) is 3.72. The van der Waals surface area contributed by atoms with Crippen molar-refractivity contribution >= 4 is 0 Å². The molecule has 194 valence electrons. The highest BCUT2D eigenvalue weighted by atomic mass is 19.1. The SMILES string of the molecule is C=C(/C=C\C(=C)C(C)CCC(C)C(=C)/C(F)=C\C(=C)C(C)CCC(C)C)C(C)CCC(C)CC. The van der Waals surface area contributed by atoms with Crippen molar-refractivity contribution in [1.29, 1.82) is 0 Å². The highest BCUT2D eigenvalue weighted by molar-refractivity contribution is 5.32. The summed E-state index contributed by atoms with van der Waals surface area (Å²) in [5.74, 6) is 2.42. The molecule has 0 radical (unpaired) electrons. The van der Waals surface area contributed by atoms with Gasteiger partial charge in [0.2, 0.25) is 0 Å². The van der Waals surface area contributed by atoms with Crippen LogP contribution in [0, 0.1) is 35.5 Å². The maximum atomic E-state index is 14.8. The second kappa shape index (κ2) is 16.9. The Bertz CT molecular complexity index is 717. The lowest BCUT2D eigenvalue weighted by atomic mass is 9.87. The highest BCUT2D eigenvalue weighted by Gasteiger charge is 2.16. The lowest BCUT2D eigenvalue weighted by Gasteiger charge is -2.19. The summed E-state index contributed by atoms with van der Waals surface area (Å²) in [5, 5.41) is 0. The number of allylic oxidation sites excluding steroid dienone is 8. The molecule has 0 aromatic heterocycles. The van der Waals surface area contributed by atoms with Crippen LogP contribution in [-0.4, -0.2) is 0 Å². The van der Waals surface area contributed by atoms with Crippen LogP contribution in [0.5, 0.6) is 0 Å². The van der Waals surface area contributed by atoms with Gasteiger partial charge in [-0.2, -0.15) is 0 Å². The molecule has 0 aliphatic rings. The van der Waals surface area contributed by atoms with E-state index in [1.165, 1.54) is 24.8 Å². The molecule has 0 N–H and O–H groups in total. The monoisotopic (exact) mass is 470 g/mol. The molecule has 5 unspecified atom stereocenters. The molecule has 0 saturated heterocycles. The Morgan fingerprint density at radius 1 is 0.618 bits per heavy atom. The summed E-state index contributed by atoms with van der Waals surface area (Å²) >= 11 is 0. The van der Waals surface area contributed by atoms with Crippen molar-refractivity contribution < 1.29 is 4.39 Å². The van der Waals surface area contributed by atoms with Crippen molar-refractivity contribution in [3.63, 3.8) is 0 Å². The second-order valence-electron chi connectivity index (χ2n) is 11.3. The Balaban J connectivity index is 4.66. The molecule has 1 heteroatoms. The molecule has 0 saturated carbocycles. The molecule has 5 atom stereocenters. The Morgan fingerprint density at radius 3 is 1.50 bits per heavy atom. The number of hydrogen-bond acceptors (Lipinski definition) is 0. The van der Waals surface area contributed by atoms with Crippen LogP contribution < -0.4 is 0 Å². The van der Waals surface area contributed by atoms with E-state index < -0.39 is 0 Å². The fourth-order valence-electron chi connectivity index (χ4n) is 3.73. The van der Waals surface area contributed by atoms with Crippen LogP contribution in [0.1, 0.15) is 100 Å². The van der Waals surface area contributed by atoms with Gasteiger partial charge in [0.1, 0.15) is 5.83 Å². The van der Waals surface area contributed by atoms with E-state index >= 15 is 0 Å². The van der Waals surface area contributed by atoms with E-state index in [1.807, 2.05) is 0 Å². The van der Waals surface area contributed by atoms with Gasteiger partial charge in [0, 0.05) is 0 Å². The Morgan fingerprint density at radius 2 is 1.03 bits per heavy atom. The van der Waals surface area contributed by atoms with Crippen molar-refractivity contribution in [3.8, 4) is 0 Å². The predicted molar refractivity (Wildman–Crippen MR) is 154 cm³/mol. The summed E-state index contributed by atoms with van der Waals surface area (Å²) in [7, 11) is 0. The third kappa shape index (κ3) is 13.3. The molecular weight excluding hydrogens is 415 g/mol. The fraction of sp³-hybridized carbons (Fsp3) is 0.636. The van der Waals surface area contributed by atoms with Gasteiger partial charge in [-0.15, -0.1) is 0 Å². The van der Waals surface area contributed by atoms with E-state index in [2.05, 4.69) is 93.9 Å². The largest absolute Gasteiger partial charge is 0.207 e. The lowest BCUT2D eigenvalue weighted by molar-refractivity contribution is 0.454. The smallest absolute Gasteiger partial charge is 0.126 e. The zero-order valence-electron chi connectivity index (χ0n) is 23.9. The molecule has 0 spiro atoms. The van der Waals surface area contributed by atoms with Crippen LogP contribution in [0.3, 0.4) is 0 Å². The number of hydrogen-bond donors (Lipinski definition) is 0. The van der Waals surface area contributed by atoms with Crippen molar-refractivity contribution in [2.75, 3.05) is 0 Å². The molecule has 0 heterocycles. The van der Waals surface area contributed by atoms with Gasteiger partial charge in [0.25, 0.3) is 0 Å². The molecular formula is C33H55F. The molecule has 0 aromatic carbocycles. The highest BCUT2D eigenvalue weighted by Crippen LogP contribution is 2.29. The first-order valence-corrected chi connectivity index (χ1v) is 13.6. The van der Waals surface area contributed by atoms with Gasteiger partial charge < -0.3 is 0 Å². The van der Waals surface area contributed by atoms with Crippen molar-refractivity contribution in [1.82, 2.24) is 0 Å². The molecule has 0 aromatic rings. The molecule has 0 bridgehead atoms. The van der Waals surface area contributed by atoms with Crippen molar-refractivity contribution in [2.24, 2.45) is 35.5 Å². The van der Waals surface area contributed by atoms with Crippen LogP contribution >= 0.6 is 0 Å². The van der Waals surface area contributed by atoms with E-state index in [1.54, 1.807) is 6.08 Å². The maximum Gasteiger partial charge on any atom is 0.126 e. The fourth-order valence-corrected chi connectivity index (χ4v) is 3.73. The van der Waals surface area contributed by atoms with E-state index in [0.29, 0.717) is 29.2 Å². The summed E-state index contributed by atoms with van der Waals surface area (Å²) in [4.78, 5) is 0. The van der Waals surface area contributed by atoms with E-state index in [4.69, 9.17) is 0 Å². The zero-order chi connectivity index (χ0) is 26.4. The van der Waals surface area contributed by atoms with Crippen LogP contribution in [-0.2, 0) is 0 Å².